The number of rotatable bonds is 5. The lowest BCUT2D eigenvalue weighted by Gasteiger charge is -2.18. The van der Waals surface area contributed by atoms with Crippen molar-refractivity contribution in [3.05, 3.63) is 11.9 Å². The van der Waals surface area contributed by atoms with Crippen LogP contribution in [0.3, 0.4) is 0 Å². The predicted octanol–water partition coefficient (Wildman–Crippen LogP) is -0.139. The fourth-order valence-electron chi connectivity index (χ4n) is 1.74. The molecule has 0 spiro atoms. The quantitative estimate of drug-likeness (QED) is 0.753. The molecule has 1 saturated carbocycles. The van der Waals surface area contributed by atoms with Crippen molar-refractivity contribution in [3.8, 4) is 0 Å². The summed E-state index contributed by atoms with van der Waals surface area (Å²) in [4.78, 5) is 13.9. The van der Waals surface area contributed by atoms with Crippen LogP contribution < -0.4 is 5.73 Å². The molecule has 1 aliphatic rings. The summed E-state index contributed by atoms with van der Waals surface area (Å²) in [6, 6.07) is 0.414. The van der Waals surface area contributed by atoms with Crippen molar-refractivity contribution in [2.75, 3.05) is 13.1 Å². The van der Waals surface area contributed by atoms with Gasteiger partial charge in [-0.15, -0.1) is 5.10 Å². The summed E-state index contributed by atoms with van der Waals surface area (Å²) in [5, 5.41) is 7.74. The second kappa shape index (κ2) is 4.61. The van der Waals surface area contributed by atoms with Crippen LogP contribution in [0.4, 0.5) is 0 Å². The van der Waals surface area contributed by atoms with E-state index in [9.17, 15) is 4.79 Å². The van der Waals surface area contributed by atoms with Gasteiger partial charge in [0.1, 0.15) is 0 Å². The van der Waals surface area contributed by atoms with Crippen LogP contribution in [0.1, 0.15) is 30.3 Å². The third-order valence-corrected chi connectivity index (χ3v) is 2.71. The van der Waals surface area contributed by atoms with Gasteiger partial charge in [0.2, 0.25) is 0 Å². The predicted molar refractivity (Wildman–Crippen MR) is 58.8 cm³/mol. The van der Waals surface area contributed by atoms with Gasteiger partial charge in [0.15, 0.2) is 5.69 Å². The van der Waals surface area contributed by atoms with Gasteiger partial charge in [0.25, 0.3) is 5.91 Å². The summed E-state index contributed by atoms with van der Waals surface area (Å²) >= 11 is 0. The van der Waals surface area contributed by atoms with Crippen molar-refractivity contribution < 1.29 is 4.79 Å². The van der Waals surface area contributed by atoms with E-state index in [1.54, 1.807) is 10.9 Å². The van der Waals surface area contributed by atoms with Gasteiger partial charge in [-0.2, -0.15) is 0 Å². The van der Waals surface area contributed by atoms with Crippen LogP contribution in [0.5, 0.6) is 0 Å². The zero-order valence-electron chi connectivity index (χ0n) is 9.46. The number of nitrogens with two attached hydrogens (primary N) is 1. The lowest BCUT2D eigenvalue weighted by Crippen LogP contribution is -2.33. The van der Waals surface area contributed by atoms with E-state index in [2.05, 4.69) is 10.3 Å². The summed E-state index contributed by atoms with van der Waals surface area (Å²) in [5.41, 5.74) is 5.82. The van der Waals surface area contributed by atoms with Crippen LogP contribution in [-0.4, -0.2) is 44.9 Å². The van der Waals surface area contributed by atoms with E-state index in [0.717, 1.165) is 19.4 Å². The first-order valence-corrected chi connectivity index (χ1v) is 5.67. The minimum atomic E-state index is -0.0201. The molecule has 1 heterocycles. The third kappa shape index (κ3) is 2.21. The Balaban J connectivity index is 2.06. The van der Waals surface area contributed by atoms with Gasteiger partial charge in [-0.3, -0.25) is 9.48 Å². The topological polar surface area (TPSA) is 77.0 Å². The highest BCUT2D eigenvalue weighted by Crippen LogP contribution is 2.27. The molecule has 1 fully saturated rings. The molecule has 0 atom stereocenters. The molecule has 0 saturated heterocycles. The third-order valence-electron chi connectivity index (χ3n) is 2.71. The highest BCUT2D eigenvalue weighted by atomic mass is 16.2. The van der Waals surface area contributed by atoms with Gasteiger partial charge >= 0.3 is 0 Å². The summed E-state index contributed by atoms with van der Waals surface area (Å²) < 4.78 is 1.61. The first-order chi connectivity index (χ1) is 7.76. The van der Waals surface area contributed by atoms with Crippen molar-refractivity contribution in [1.29, 1.82) is 0 Å². The van der Waals surface area contributed by atoms with Gasteiger partial charge in [-0.05, 0) is 19.8 Å². The van der Waals surface area contributed by atoms with Gasteiger partial charge < -0.3 is 10.6 Å². The minimum absolute atomic E-state index is 0.0201. The van der Waals surface area contributed by atoms with Crippen molar-refractivity contribution >= 4 is 5.91 Å². The molecule has 1 aromatic heterocycles. The van der Waals surface area contributed by atoms with Crippen LogP contribution in [0.2, 0.25) is 0 Å². The molecule has 1 amide bonds. The van der Waals surface area contributed by atoms with Gasteiger partial charge in [0, 0.05) is 19.1 Å². The van der Waals surface area contributed by atoms with E-state index < -0.39 is 0 Å². The Labute approximate surface area is 94.4 Å². The van der Waals surface area contributed by atoms with Crippen LogP contribution in [0.15, 0.2) is 6.20 Å². The SMILES string of the molecule is CCN(C(=O)c1cn(CCN)nn1)C1CC1. The Morgan fingerprint density at radius 2 is 2.44 bits per heavy atom. The van der Waals surface area contributed by atoms with Crippen LogP contribution >= 0.6 is 0 Å². The highest BCUT2D eigenvalue weighted by Gasteiger charge is 2.32. The minimum Gasteiger partial charge on any atom is -0.334 e. The summed E-state index contributed by atoms with van der Waals surface area (Å²) in [7, 11) is 0. The number of hydrogen-bond acceptors (Lipinski definition) is 4. The molecular formula is C10H17N5O. The molecule has 2 rings (SSSR count). The first kappa shape index (κ1) is 11.1. The van der Waals surface area contributed by atoms with Crippen molar-refractivity contribution in [2.24, 2.45) is 5.73 Å². The van der Waals surface area contributed by atoms with E-state index in [0.29, 0.717) is 24.8 Å². The molecule has 16 heavy (non-hydrogen) atoms. The number of amides is 1. The molecule has 88 valence electrons. The van der Waals surface area contributed by atoms with Crippen molar-refractivity contribution in [1.82, 2.24) is 19.9 Å². The van der Waals surface area contributed by atoms with E-state index >= 15 is 0 Å². The maximum Gasteiger partial charge on any atom is 0.276 e. The second-order valence-electron chi connectivity index (χ2n) is 3.98. The molecule has 1 aromatic rings. The summed E-state index contributed by atoms with van der Waals surface area (Å²) in [6.45, 7) is 3.81. The molecule has 2 N–H and O–H groups in total. The Morgan fingerprint density at radius 3 is 3.00 bits per heavy atom. The fourth-order valence-corrected chi connectivity index (χ4v) is 1.74. The van der Waals surface area contributed by atoms with Crippen molar-refractivity contribution in [2.45, 2.75) is 32.4 Å². The largest absolute Gasteiger partial charge is 0.334 e. The van der Waals surface area contributed by atoms with E-state index in [4.69, 9.17) is 5.73 Å². The lowest BCUT2D eigenvalue weighted by molar-refractivity contribution is 0.0746. The normalized spacial score (nSPS) is 15.1. The average Bonchev–Trinajstić information content (AvgIpc) is 2.99. The number of carbonyl (C=O) groups is 1. The number of aromatic nitrogens is 3. The summed E-state index contributed by atoms with van der Waals surface area (Å²) in [5.74, 6) is -0.0201. The zero-order valence-corrected chi connectivity index (χ0v) is 9.46. The Kier molecular flexibility index (Phi) is 3.19. The molecule has 0 radical (unpaired) electrons. The van der Waals surface area contributed by atoms with Gasteiger partial charge in [-0.25, -0.2) is 0 Å². The molecule has 0 unspecified atom stereocenters. The Hall–Kier alpha value is -1.43. The lowest BCUT2D eigenvalue weighted by atomic mass is 10.3. The van der Waals surface area contributed by atoms with Gasteiger partial charge in [0.05, 0.1) is 12.7 Å². The Morgan fingerprint density at radius 1 is 1.69 bits per heavy atom. The molecule has 0 bridgehead atoms. The maximum absolute atomic E-state index is 12.1. The molecule has 6 heteroatoms. The highest BCUT2D eigenvalue weighted by molar-refractivity contribution is 5.92. The first-order valence-electron chi connectivity index (χ1n) is 5.67. The van der Waals surface area contributed by atoms with Gasteiger partial charge in [-0.1, -0.05) is 5.21 Å². The van der Waals surface area contributed by atoms with E-state index in [1.165, 1.54) is 0 Å². The molecular weight excluding hydrogens is 206 g/mol. The smallest absolute Gasteiger partial charge is 0.276 e. The average molecular weight is 223 g/mol. The van der Waals surface area contributed by atoms with E-state index in [1.807, 2.05) is 11.8 Å². The fraction of sp³-hybridized carbons (Fsp3) is 0.700. The molecule has 1 aliphatic carbocycles. The molecule has 0 aliphatic heterocycles. The molecule has 0 aromatic carbocycles. The van der Waals surface area contributed by atoms with Crippen molar-refractivity contribution in [3.63, 3.8) is 0 Å². The standard InChI is InChI=1S/C10H17N5O/c1-2-15(8-3-4-8)10(16)9-7-14(6-5-11)13-12-9/h7-8H,2-6,11H2,1H3. The number of carbonyl (C=O) groups excluding carboxylic acids is 1. The zero-order chi connectivity index (χ0) is 11.5. The monoisotopic (exact) mass is 223 g/mol. The van der Waals surface area contributed by atoms with Crippen LogP contribution in [-0.2, 0) is 6.54 Å². The Bertz CT molecular complexity index is 371. The number of hydrogen-bond donors (Lipinski definition) is 1. The van der Waals surface area contributed by atoms with Crippen LogP contribution in [0.25, 0.3) is 0 Å². The molecule has 6 nitrogen and oxygen atoms in total. The van der Waals surface area contributed by atoms with Crippen LogP contribution in [0, 0.1) is 0 Å². The van der Waals surface area contributed by atoms with E-state index in [-0.39, 0.29) is 5.91 Å². The summed E-state index contributed by atoms with van der Waals surface area (Å²) in [6.07, 6.45) is 3.88. The maximum atomic E-state index is 12.1. The number of nitrogens with zero attached hydrogens (tertiary/aromatic N) is 4. The second-order valence-corrected chi connectivity index (χ2v) is 3.98.